The first-order valence-corrected chi connectivity index (χ1v) is 17.7. The molecule has 15 nitrogen and oxygen atoms in total. The number of carboxylic acids is 1. The normalized spacial score (nSPS) is 19.5. The van der Waals surface area contributed by atoms with Crippen molar-refractivity contribution < 1.29 is 43.4 Å². The van der Waals surface area contributed by atoms with Gasteiger partial charge in [-0.1, -0.05) is 17.7 Å². The number of aryl methyl sites for hydroxylation is 1. The molecule has 1 saturated heterocycles. The van der Waals surface area contributed by atoms with Crippen molar-refractivity contribution in [3.05, 3.63) is 94.0 Å². The smallest absolute Gasteiger partial charge is 0.305 e. The lowest BCUT2D eigenvalue weighted by Gasteiger charge is -2.30. The van der Waals surface area contributed by atoms with Crippen LogP contribution >= 0.6 is 11.6 Å². The molecule has 16 heteroatoms. The van der Waals surface area contributed by atoms with E-state index in [4.69, 9.17) is 27.2 Å². The summed E-state index contributed by atoms with van der Waals surface area (Å²) < 4.78 is 6.08. The second kappa shape index (κ2) is 17.2. The van der Waals surface area contributed by atoms with E-state index in [9.17, 15) is 33.6 Å². The van der Waals surface area contributed by atoms with Gasteiger partial charge in [0.1, 0.15) is 24.9 Å². The van der Waals surface area contributed by atoms with Gasteiger partial charge in [-0.25, -0.2) is 0 Å². The minimum atomic E-state index is -1.19. The number of rotatable bonds is 8. The Morgan fingerprint density at radius 2 is 1.74 bits per heavy atom. The highest BCUT2D eigenvalue weighted by Gasteiger charge is 2.38. The largest absolute Gasteiger partial charge is 0.491 e. The van der Waals surface area contributed by atoms with E-state index >= 15 is 0 Å². The number of carbonyl (C=O) groups is 7. The quantitative estimate of drug-likeness (QED) is 0.265. The predicted octanol–water partition coefficient (Wildman–Crippen LogP) is 2.38. The first-order chi connectivity index (χ1) is 25.7. The average molecular weight is 761 g/mol. The number of carbonyl (C=O) groups excluding carboxylic acids is 6. The van der Waals surface area contributed by atoms with E-state index < -0.39 is 60.2 Å². The number of fused-ring (bicyclic) bond motifs is 11. The molecule has 6 amide bonds. The zero-order chi connectivity index (χ0) is 39.1. The second-order valence-electron chi connectivity index (χ2n) is 13.2. The lowest BCUT2D eigenvalue weighted by Crippen LogP contribution is -2.49. The third-order valence-corrected chi connectivity index (χ3v) is 9.68. The van der Waals surface area contributed by atoms with Crippen molar-refractivity contribution in [2.24, 2.45) is 5.73 Å². The van der Waals surface area contributed by atoms with Gasteiger partial charge in [0, 0.05) is 60.0 Å². The van der Waals surface area contributed by atoms with Gasteiger partial charge < -0.3 is 40.9 Å². The van der Waals surface area contributed by atoms with Gasteiger partial charge in [0.05, 0.1) is 12.5 Å². The Labute approximate surface area is 316 Å². The highest BCUT2D eigenvalue weighted by molar-refractivity contribution is 6.31. The third kappa shape index (κ3) is 9.52. The fraction of sp³-hybridized carbons (Fsp3) is 0.342. The minimum absolute atomic E-state index is 0.0292. The maximum absolute atomic E-state index is 14.2. The van der Waals surface area contributed by atoms with Crippen molar-refractivity contribution >= 4 is 58.7 Å². The Balaban J connectivity index is 1.48. The number of anilines is 1. The number of halogens is 1. The van der Waals surface area contributed by atoms with Gasteiger partial charge in [-0.3, -0.25) is 33.6 Å². The van der Waals surface area contributed by atoms with Crippen LogP contribution in [0.5, 0.6) is 5.75 Å². The van der Waals surface area contributed by atoms with Gasteiger partial charge in [0.25, 0.3) is 11.8 Å². The average Bonchev–Trinajstić information content (AvgIpc) is 3.54. The molecule has 5 N–H and O–H groups in total. The van der Waals surface area contributed by atoms with E-state index in [2.05, 4.69) is 10.6 Å². The Kier molecular flexibility index (Phi) is 12.5. The lowest BCUT2D eigenvalue weighted by molar-refractivity contribution is -0.137. The number of ether oxygens (including phenoxy) is 1. The molecular formula is C38H41ClN6O9. The van der Waals surface area contributed by atoms with Crippen molar-refractivity contribution in [3.8, 4) is 5.75 Å². The fourth-order valence-electron chi connectivity index (χ4n) is 6.56. The molecule has 284 valence electrons. The highest BCUT2D eigenvalue weighted by Crippen LogP contribution is 2.26. The highest BCUT2D eigenvalue weighted by atomic mass is 35.5. The summed E-state index contributed by atoms with van der Waals surface area (Å²) in [4.78, 5) is 95.6. The molecule has 1 fully saturated rings. The van der Waals surface area contributed by atoms with Gasteiger partial charge in [-0.05, 0) is 86.0 Å². The van der Waals surface area contributed by atoms with Crippen LogP contribution in [0.25, 0.3) is 0 Å². The van der Waals surface area contributed by atoms with E-state index in [-0.39, 0.29) is 61.7 Å². The Bertz CT molecular complexity index is 1960. The summed E-state index contributed by atoms with van der Waals surface area (Å²) in [5.41, 5.74) is 7.08. The van der Waals surface area contributed by atoms with E-state index in [0.29, 0.717) is 28.3 Å². The number of nitrogens with zero attached hydrogens (tertiary/aromatic N) is 3. The molecule has 3 aromatic carbocycles. The number of carboxylic acid groups (broad SMARTS) is 1. The van der Waals surface area contributed by atoms with Gasteiger partial charge in [0.2, 0.25) is 23.6 Å². The molecule has 54 heavy (non-hydrogen) atoms. The Hall–Kier alpha value is -5.96. The molecule has 3 aliphatic rings. The molecule has 0 radical (unpaired) electrons. The minimum Gasteiger partial charge on any atom is -0.491 e. The third-order valence-electron chi connectivity index (χ3n) is 9.44. The first kappa shape index (κ1) is 39.3. The van der Waals surface area contributed by atoms with E-state index in [1.54, 1.807) is 48.2 Å². The van der Waals surface area contributed by atoms with Crippen LogP contribution < -0.4 is 26.0 Å². The van der Waals surface area contributed by atoms with Crippen molar-refractivity contribution in [3.63, 3.8) is 0 Å². The number of likely N-dealkylation sites (N-methyl/N-ethyl adjacent to an activating group) is 1. The number of aliphatic carboxylic acids is 1. The van der Waals surface area contributed by atoms with Crippen molar-refractivity contribution in [1.82, 2.24) is 20.4 Å². The molecule has 0 aromatic heterocycles. The number of benzene rings is 3. The SMILES string of the molecule is Cc1cc(N2CC(=O)N3C[C@H](NC(=O)c4cccc(Cl)c4)C[C@H]3COc3ccc(cc3)C(=O)N(C)[C@H](C(=O)NCCC(=O)O)CCC2=O)ccc1C(N)=O. The van der Waals surface area contributed by atoms with Crippen LogP contribution in [0.4, 0.5) is 5.69 Å². The molecule has 0 unspecified atom stereocenters. The summed E-state index contributed by atoms with van der Waals surface area (Å²) in [5.74, 6) is -3.97. The van der Waals surface area contributed by atoms with E-state index in [0.717, 1.165) is 0 Å². The molecule has 0 saturated carbocycles. The number of hydrogen-bond acceptors (Lipinski definition) is 8. The van der Waals surface area contributed by atoms with Gasteiger partial charge >= 0.3 is 5.97 Å². The van der Waals surface area contributed by atoms with Crippen LogP contribution in [0.2, 0.25) is 5.02 Å². The predicted molar refractivity (Wildman–Crippen MR) is 197 cm³/mol. The standard InChI is InChI=1S/C38H41ClN6O9/c1-22-16-27(8-11-30(22)35(40)50)45-20-33(47)44-19-26(42-36(51)24-4-3-5-25(39)17-24)18-28(44)21-54-29-9-6-23(7-10-29)38(53)43(2)31(12-13-32(45)46)37(52)41-15-14-34(48)49/h3-11,16-17,26,28,31H,12-15,18-21H2,1-2H3,(H2,40,50)(H,41,52)(H,42,51)(H,48,49)/t26-,28+,31+/m1/s1. The number of nitrogens with two attached hydrogens (primary N) is 1. The lowest BCUT2D eigenvalue weighted by atomic mass is 10.0. The summed E-state index contributed by atoms with van der Waals surface area (Å²) in [6, 6.07) is 15.0. The van der Waals surface area contributed by atoms with Crippen LogP contribution in [0, 0.1) is 6.92 Å². The maximum atomic E-state index is 14.2. The number of primary amides is 1. The summed E-state index contributed by atoms with van der Waals surface area (Å²) in [7, 11) is 1.41. The summed E-state index contributed by atoms with van der Waals surface area (Å²) in [6.07, 6.45) is -0.495. The molecular weight excluding hydrogens is 720 g/mol. The summed E-state index contributed by atoms with van der Waals surface area (Å²) in [5, 5.41) is 15.0. The molecule has 3 aliphatic heterocycles. The van der Waals surface area contributed by atoms with Crippen LogP contribution in [0.3, 0.4) is 0 Å². The molecule has 2 bridgehead atoms. The summed E-state index contributed by atoms with van der Waals surface area (Å²) >= 11 is 6.10. The van der Waals surface area contributed by atoms with Crippen molar-refractivity contribution in [2.45, 2.75) is 50.7 Å². The molecule has 6 rings (SSSR count). The van der Waals surface area contributed by atoms with Gasteiger partial charge in [-0.2, -0.15) is 0 Å². The second-order valence-corrected chi connectivity index (χ2v) is 13.6. The maximum Gasteiger partial charge on any atom is 0.305 e. The van der Waals surface area contributed by atoms with Crippen LogP contribution in [-0.4, -0.2) is 108 Å². The van der Waals surface area contributed by atoms with Crippen molar-refractivity contribution in [2.75, 3.05) is 38.2 Å². The molecule has 3 atom stereocenters. The Morgan fingerprint density at radius 3 is 2.41 bits per heavy atom. The monoisotopic (exact) mass is 760 g/mol. The molecule has 0 spiro atoms. The Morgan fingerprint density at radius 1 is 1.00 bits per heavy atom. The fourth-order valence-corrected chi connectivity index (χ4v) is 6.75. The van der Waals surface area contributed by atoms with Crippen LogP contribution in [0.15, 0.2) is 66.7 Å². The van der Waals surface area contributed by atoms with Gasteiger partial charge in [0.15, 0.2) is 0 Å². The number of hydrogen-bond donors (Lipinski definition) is 4. The van der Waals surface area contributed by atoms with Gasteiger partial charge in [-0.15, -0.1) is 0 Å². The van der Waals surface area contributed by atoms with Crippen LogP contribution in [0.1, 0.15) is 62.3 Å². The topological polar surface area (TPSA) is 209 Å². The van der Waals surface area contributed by atoms with Crippen molar-refractivity contribution in [1.29, 1.82) is 0 Å². The number of amides is 6. The zero-order valence-electron chi connectivity index (χ0n) is 29.7. The van der Waals surface area contributed by atoms with E-state index in [1.165, 1.54) is 47.2 Å². The zero-order valence-corrected chi connectivity index (χ0v) is 30.5. The summed E-state index contributed by atoms with van der Waals surface area (Å²) in [6.45, 7) is 1.13. The molecule has 3 aromatic rings. The van der Waals surface area contributed by atoms with Crippen LogP contribution in [-0.2, 0) is 19.2 Å². The molecule has 3 heterocycles. The first-order valence-electron chi connectivity index (χ1n) is 17.3. The molecule has 0 aliphatic carbocycles. The van der Waals surface area contributed by atoms with E-state index in [1.807, 2.05) is 0 Å². The number of nitrogens with one attached hydrogen (secondary N) is 2.